The molecule has 0 unspecified atom stereocenters. The van der Waals surface area contributed by atoms with E-state index in [0.29, 0.717) is 19.5 Å². The van der Waals surface area contributed by atoms with E-state index in [1.54, 1.807) is 18.7 Å². The molecule has 2 aromatic heterocycles. The Balaban J connectivity index is 1.58. The third kappa shape index (κ3) is 3.66. The lowest BCUT2D eigenvalue weighted by atomic mass is 10.1. The van der Waals surface area contributed by atoms with Gasteiger partial charge >= 0.3 is 0 Å². The van der Waals surface area contributed by atoms with Crippen LogP contribution in [-0.2, 0) is 17.9 Å². The zero-order valence-electron chi connectivity index (χ0n) is 13.0. The van der Waals surface area contributed by atoms with Crippen LogP contribution in [0.4, 0.5) is 0 Å². The van der Waals surface area contributed by atoms with Crippen molar-refractivity contribution in [2.45, 2.75) is 26.4 Å². The third-order valence-electron chi connectivity index (χ3n) is 3.75. The molecular weight excluding hydrogens is 290 g/mol. The van der Waals surface area contributed by atoms with E-state index in [4.69, 9.17) is 0 Å². The minimum atomic E-state index is 0.0264. The molecule has 3 rings (SSSR count). The highest BCUT2D eigenvalue weighted by Crippen LogP contribution is 2.13. The van der Waals surface area contributed by atoms with Gasteiger partial charge in [0.2, 0.25) is 5.91 Å². The summed E-state index contributed by atoms with van der Waals surface area (Å²) >= 11 is 0. The summed E-state index contributed by atoms with van der Waals surface area (Å²) in [6, 6.07) is 7.97. The third-order valence-corrected chi connectivity index (χ3v) is 3.75. The number of imidazole rings is 2. The average Bonchev–Trinajstić information content (AvgIpc) is 3.23. The van der Waals surface area contributed by atoms with Gasteiger partial charge in [-0.15, -0.1) is 0 Å². The molecule has 6 heteroatoms. The standard InChI is InChI=1S/C17H19N5O/c1-14-19-8-11-21(14)9-6-17(23)20-12-15-4-2-3-5-16(15)22-10-7-18-13-22/h2-5,7-8,10-11,13H,6,9,12H2,1H3,(H,20,23). The van der Waals surface area contributed by atoms with Crippen LogP contribution in [0.25, 0.3) is 5.69 Å². The first kappa shape index (κ1) is 15.0. The van der Waals surface area contributed by atoms with Crippen LogP contribution < -0.4 is 5.32 Å². The number of hydrogen-bond acceptors (Lipinski definition) is 3. The number of carbonyl (C=O) groups excluding carboxylic acids is 1. The van der Waals surface area contributed by atoms with Gasteiger partial charge in [-0.3, -0.25) is 4.79 Å². The summed E-state index contributed by atoms with van der Waals surface area (Å²) in [6.07, 6.45) is 9.45. The molecule has 0 saturated heterocycles. The lowest BCUT2D eigenvalue weighted by Crippen LogP contribution is -2.24. The number of para-hydroxylation sites is 1. The number of nitrogens with one attached hydrogen (secondary N) is 1. The molecule has 0 bridgehead atoms. The molecule has 0 spiro atoms. The summed E-state index contributed by atoms with van der Waals surface area (Å²) in [7, 11) is 0. The van der Waals surface area contributed by atoms with Gasteiger partial charge in [-0.1, -0.05) is 18.2 Å². The smallest absolute Gasteiger partial charge is 0.222 e. The molecule has 0 aliphatic rings. The van der Waals surface area contributed by atoms with Gasteiger partial charge in [0.25, 0.3) is 0 Å². The molecule has 1 N–H and O–H groups in total. The summed E-state index contributed by atoms with van der Waals surface area (Å²) < 4.78 is 3.91. The maximum atomic E-state index is 12.1. The summed E-state index contributed by atoms with van der Waals surface area (Å²) in [5.41, 5.74) is 2.08. The van der Waals surface area contributed by atoms with E-state index in [1.807, 2.05) is 52.7 Å². The fraction of sp³-hybridized carbons (Fsp3) is 0.235. The fourth-order valence-corrected chi connectivity index (χ4v) is 2.46. The highest BCUT2D eigenvalue weighted by atomic mass is 16.1. The monoisotopic (exact) mass is 309 g/mol. The normalized spacial score (nSPS) is 10.7. The number of benzene rings is 1. The van der Waals surface area contributed by atoms with Crippen molar-refractivity contribution in [2.24, 2.45) is 0 Å². The van der Waals surface area contributed by atoms with E-state index >= 15 is 0 Å². The van der Waals surface area contributed by atoms with Gasteiger partial charge < -0.3 is 14.5 Å². The first-order chi connectivity index (χ1) is 11.2. The topological polar surface area (TPSA) is 64.7 Å². The molecule has 0 aliphatic heterocycles. The molecule has 0 aliphatic carbocycles. The van der Waals surface area contributed by atoms with Gasteiger partial charge in [0.15, 0.2) is 0 Å². The average molecular weight is 309 g/mol. The maximum absolute atomic E-state index is 12.1. The van der Waals surface area contributed by atoms with E-state index in [0.717, 1.165) is 17.1 Å². The Kier molecular flexibility index (Phi) is 4.52. The van der Waals surface area contributed by atoms with E-state index in [-0.39, 0.29) is 5.91 Å². The number of hydrogen-bond donors (Lipinski definition) is 1. The van der Waals surface area contributed by atoms with Crippen molar-refractivity contribution >= 4 is 5.91 Å². The summed E-state index contributed by atoms with van der Waals surface area (Å²) in [4.78, 5) is 20.3. The lowest BCUT2D eigenvalue weighted by Gasteiger charge is -2.11. The molecule has 0 fully saturated rings. The van der Waals surface area contributed by atoms with Crippen molar-refractivity contribution in [1.82, 2.24) is 24.4 Å². The highest BCUT2D eigenvalue weighted by Gasteiger charge is 2.07. The predicted octanol–water partition coefficient (Wildman–Crippen LogP) is 2.08. The molecule has 0 radical (unpaired) electrons. The minimum Gasteiger partial charge on any atom is -0.352 e. The van der Waals surface area contributed by atoms with E-state index in [9.17, 15) is 4.79 Å². The van der Waals surface area contributed by atoms with Gasteiger partial charge in [0, 0.05) is 44.3 Å². The Labute approximate surface area is 134 Å². The number of aromatic nitrogens is 4. The van der Waals surface area contributed by atoms with Crippen LogP contribution in [-0.4, -0.2) is 25.0 Å². The molecule has 6 nitrogen and oxygen atoms in total. The Hall–Kier alpha value is -2.89. The summed E-state index contributed by atoms with van der Waals surface area (Å²) in [5, 5.41) is 2.98. The van der Waals surface area contributed by atoms with Gasteiger partial charge in [0.1, 0.15) is 5.82 Å². The Morgan fingerprint density at radius 1 is 1.22 bits per heavy atom. The molecule has 3 aromatic rings. The molecule has 118 valence electrons. The van der Waals surface area contributed by atoms with Crippen LogP contribution >= 0.6 is 0 Å². The van der Waals surface area contributed by atoms with Gasteiger partial charge in [-0.2, -0.15) is 0 Å². The Morgan fingerprint density at radius 2 is 2.09 bits per heavy atom. The van der Waals surface area contributed by atoms with Crippen LogP contribution in [0, 0.1) is 6.92 Å². The van der Waals surface area contributed by atoms with E-state index in [2.05, 4.69) is 15.3 Å². The zero-order chi connectivity index (χ0) is 16.1. The zero-order valence-corrected chi connectivity index (χ0v) is 13.0. The van der Waals surface area contributed by atoms with Crippen molar-refractivity contribution < 1.29 is 4.79 Å². The molecule has 2 heterocycles. The number of rotatable bonds is 6. The predicted molar refractivity (Wildman–Crippen MR) is 87.0 cm³/mol. The molecule has 1 amide bonds. The van der Waals surface area contributed by atoms with Crippen LogP contribution in [0.15, 0.2) is 55.4 Å². The summed E-state index contributed by atoms with van der Waals surface area (Å²) in [5.74, 6) is 0.946. The van der Waals surface area contributed by atoms with Crippen LogP contribution in [0.5, 0.6) is 0 Å². The number of aryl methyl sites for hydroxylation is 2. The van der Waals surface area contributed by atoms with Crippen LogP contribution in [0.1, 0.15) is 17.8 Å². The van der Waals surface area contributed by atoms with Crippen molar-refractivity contribution in [3.63, 3.8) is 0 Å². The van der Waals surface area contributed by atoms with Crippen molar-refractivity contribution in [3.8, 4) is 5.69 Å². The quantitative estimate of drug-likeness (QED) is 0.758. The summed E-state index contributed by atoms with van der Waals surface area (Å²) in [6.45, 7) is 3.07. The van der Waals surface area contributed by atoms with Gasteiger partial charge in [0.05, 0.1) is 12.0 Å². The minimum absolute atomic E-state index is 0.0264. The first-order valence-corrected chi connectivity index (χ1v) is 7.55. The molecule has 0 atom stereocenters. The van der Waals surface area contributed by atoms with Crippen molar-refractivity contribution in [3.05, 3.63) is 66.8 Å². The first-order valence-electron chi connectivity index (χ1n) is 7.55. The SMILES string of the molecule is Cc1nccn1CCC(=O)NCc1ccccc1-n1ccnc1. The van der Waals surface area contributed by atoms with Crippen LogP contribution in [0.3, 0.4) is 0 Å². The Morgan fingerprint density at radius 3 is 2.83 bits per heavy atom. The molecule has 0 saturated carbocycles. The van der Waals surface area contributed by atoms with Crippen molar-refractivity contribution in [2.75, 3.05) is 0 Å². The molecule has 23 heavy (non-hydrogen) atoms. The second-order valence-electron chi connectivity index (χ2n) is 5.29. The Bertz CT molecular complexity index is 776. The number of amides is 1. The highest BCUT2D eigenvalue weighted by molar-refractivity contribution is 5.75. The number of carbonyl (C=O) groups is 1. The second-order valence-corrected chi connectivity index (χ2v) is 5.29. The maximum Gasteiger partial charge on any atom is 0.222 e. The second kappa shape index (κ2) is 6.91. The van der Waals surface area contributed by atoms with Crippen LogP contribution in [0.2, 0.25) is 0 Å². The largest absolute Gasteiger partial charge is 0.352 e. The fourth-order valence-electron chi connectivity index (χ4n) is 2.46. The van der Waals surface area contributed by atoms with Crippen molar-refractivity contribution in [1.29, 1.82) is 0 Å². The number of nitrogens with zero attached hydrogens (tertiary/aromatic N) is 4. The van der Waals surface area contributed by atoms with E-state index < -0.39 is 0 Å². The van der Waals surface area contributed by atoms with E-state index in [1.165, 1.54) is 0 Å². The van der Waals surface area contributed by atoms with Gasteiger partial charge in [-0.25, -0.2) is 9.97 Å². The van der Waals surface area contributed by atoms with Gasteiger partial charge in [-0.05, 0) is 18.6 Å². The molecule has 1 aromatic carbocycles. The molecular formula is C17H19N5O. The lowest BCUT2D eigenvalue weighted by molar-refractivity contribution is -0.121.